The Bertz CT molecular complexity index is 801. The van der Waals surface area contributed by atoms with E-state index in [1.807, 2.05) is 54.6 Å². The van der Waals surface area contributed by atoms with Gasteiger partial charge in [0.15, 0.2) is 0 Å². The van der Waals surface area contributed by atoms with Gasteiger partial charge in [0.25, 0.3) is 0 Å². The Hall–Kier alpha value is -2.49. The Kier molecular flexibility index (Phi) is 5.29. The highest BCUT2D eigenvalue weighted by molar-refractivity contribution is 5.90. The summed E-state index contributed by atoms with van der Waals surface area (Å²) in [5.41, 5.74) is 0.689. The Balaban J connectivity index is 1.41. The topological polar surface area (TPSA) is 50.4 Å². The largest absolute Gasteiger partial charge is 0.457 e. The van der Waals surface area contributed by atoms with E-state index >= 15 is 0 Å². The van der Waals surface area contributed by atoms with E-state index in [0.717, 1.165) is 36.6 Å². The number of rotatable bonds is 4. The van der Waals surface area contributed by atoms with Crippen molar-refractivity contribution in [3.63, 3.8) is 0 Å². The summed E-state index contributed by atoms with van der Waals surface area (Å²) in [4.78, 5) is 12.8. The van der Waals surface area contributed by atoms with Crippen LogP contribution in [0.25, 0.3) is 0 Å². The summed E-state index contributed by atoms with van der Waals surface area (Å²) in [5, 5.41) is 6.36. The average molecular weight is 379 g/mol. The van der Waals surface area contributed by atoms with Gasteiger partial charge in [0, 0.05) is 17.3 Å². The zero-order chi connectivity index (χ0) is 19.6. The summed E-state index contributed by atoms with van der Waals surface area (Å²) in [7, 11) is 0. The number of para-hydroxylation sites is 1. The first-order chi connectivity index (χ1) is 13.5. The van der Waals surface area contributed by atoms with Crippen LogP contribution in [0.4, 0.5) is 10.5 Å². The molecule has 2 amide bonds. The van der Waals surface area contributed by atoms with Crippen molar-refractivity contribution >= 4 is 11.7 Å². The third-order valence-electron chi connectivity index (χ3n) is 6.08. The van der Waals surface area contributed by atoms with Crippen molar-refractivity contribution in [2.24, 2.45) is 17.8 Å². The molecule has 0 saturated heterocycles. The fraction of sp³-hybridized carbons (Fsp3) is 0.458. The lowest BCUT2D eigenvalue weighted by molar-refractivity contribution is 0.0641. The number of fused-ring (bicyclic) bond motifs is 2. The van der Waals surface area contributed by atoms with Gasteiger partial charge in [-0.1, -0.05) is 38.1 Å². The van der Waals surface area contributed by atoms with Crippen molar-refractivity contribution in [2.45, 2.75) is 51.5 Å². The zero-order valence-corrected chi connectivity index (χ0v) is 16.8. The number of hydrogen-bond donors (Lipinski definition) is 2. The van der Waals surface area contributed by atoms with Crippen LogP contribution in [0, 0.1) is 17.8 Å². The maximum Gasteiger partial charge on any atom is 0.319 e. The molecule has 28 heavy (non-hydrogen) atoms. The van der Waals surface area contributed by atoms with Gasteiger partial charge in [-0.15, -0.1) is 0 Å². The number of nitrogens with one attached hydrogen (secondary N) is 2. The highest BCUT2D eigenvalue weighted by Crippen LogP contribution is 2.47. The molecule has 4 rings (SSSR count). The molecule has 0 radical (unpaired) electrons. The van der Waals surface area contributed by atoms with Gasteiger partial charge in [-0.3, -0.25) is 0 Å². The lowest BCUT2D eigenvalue weighted by Crippen LogP contribution is -2.57. The molecule has 0 aliphatic heterocycles. The fourth-order valence-electron chi connectivity index (χ4n) is 5.52. The predicted octanol–water partition coefficient (Wildman–Crippen LogP) is 6.21. The van der Waals surface area contributed by atoms with Crippen molar-refractivity contribution in [2.75, 3.05) is 5.32 Å². The molecule has 2 saturated carbocycles. The molecule has 4 heteroatoms. The molecule has 148 valence electrons. The zero-order valence-electron chi connectivity index (χ0n) is 16.8. The molecule has 0 aromatic heterocycles. The van der Waals surface area contributed by atoms with Gasteiger partial charge in [-0.2, -0.15) is 0 Å². The Labute approximate surface area is 167 Å². The van der Waals surface area contributed by atoms with Crippen molar-refractivity contribution in [1.29, 1.82) is 0 Å². The quantitative estimate of drug-likeness (QED) is 0.665. The first kappa shape index (κ1) is 18.9. The summed E-state index contributed by atoms with van der Waals surface area (Å²) in [6.07, 6.45) is 5.88. The summed E-state index contributed by atoms with van der Waals surface area (Å²) in [6, 6.07) is 17.1. The minimum atomic E-state index is -0.112. The number of benzene rings is 2. The van der Waals surface area contributed by atoms with Crippen LogP contribution < -0.4 is 15.4 Å². The molecule has 4 nitrogen and oxygen atoms in total. The highest BCUT2D eigenvalue weighted by atomic mass is 16.5. The van der Waals surface area contributed by atoms with Gasteiger partial charge in [0.05, 0.1) is 0 Å². The van der Waals surface area contributed by atoms with Gasteiger partial charge >= 0.3 is 6.03 Å². The number of urea groups is 1. The Morgan fingerprint density at radius 3 is 2.32 bits per heavy atom. The number of amides is 2. The Morgan fingerprint density at radius 2 is 1.61 bits per heavy atom. The minimum absolute atomic E-state index is 0.0533. The van der Waals surface area contributed by atoms with Gasteiger partial charge in [-0.05, 0) is 74.1 Å². The van der Waals surface area contributed by atoms with Gasteiger partial charge in [0.1, 0.15) is 11.5 Å². The summed E-state index contributed by atoms with van der Waals surface area (Å²) in [6.45, 7) is 4.64. The maximum atomic E-state index is 12.8. The fourth-order valence-corrected chi connectivity index (χ4v) is 5.52. The minimum Gasteiger partial charge on any atom is -0.457 e. The molecule has 0 spiro atoms. The molecule has 2 aliphatic carbocycles. The van der Waals surface area contributed by atoms with Crippen LogP contribution in [-0.4, -0.2) is 11.6 Å². The second kappa shape index (κ2) is 7.86. The number of hydrogen-bond acceptors (Lipinski definition) is 2. The van der Waals surface area contributed by atoms with Gasteiger partial charge in [0.2, 0.25) is 0 Å². The SMILES string of the molecule is CC1CC2CC(C)CC(NC(=O)Nc3cccc(Oc4ccccc4)c3)(C1)C2. The first-order valence-corrected chi connectivity index (χ1v) is 10.4. The maximum absolute atomic E-state index is 12.8. The normalized spacial score (nSPS) is 29.0. The summed E-state index contributed by atoms with van der Waals surface area (Å²) in [5.74, 6) is 3.58. The number of carbonyl (C=O) groups excluding carboxylic acids is 1. The van der Waals surface area contributed by atoms with Crippen LogP contribution in [0.2, 0.25) is 0 Å². The monoisotopic (exact) mass is 378 g/mol. The molecule has 2 aromatic rings. The van der Waals surface area contributed by atoms with Crippen LogP contribution in [0.1, 0.15) is 46.0 Å². The van der Waals surface area contributed by atoms with E-state index in [-0.39, 0.29) is 11.6 Å². The molecule has 2 N–H and O–H groups in total. The summed E-state index contributed by atoms with van der Waals surface area (Å²) >= 11 is 0. The number of carbonyl (C=O) groups is 1. The lowest BCUT2D eigenvalue weighted by Gasteiger charge is -2.50. The Morgan fingerprint density at radius 1 is 0.929 bits per heavy atom. The van der Waals surface area contributed by atoms with Gasteiger partial charge in [-0.25, -0.2) is 4.79 Å². The molecule has 2 bridgehead atoms. The van der Waals surface area contributed by atoms with Crippen LogP contribution in [0.5, 0.6) is 11.5 Å². The molecular formula is C24H30N2O2. The van der Waals surface area contributed by atoms with E-state index in [9.17, 15) is 4.79 Å². The first-order valence-electron chi connectivity index (χ1n) is 10.4. The van der Waals surface area contributed by atoms with Crippen LogP contribution in [-0.2, 0) is 0 Å². The smallest absolute Gasteiger partial charge is 0.319 e. The number of anilines is 1. The number of ether oxygens (including phenoxy) is 1. The second-order valence-corrected chi connectivity index (χ2v) is 8.96. The third-order valence-corrected chi connectivity index (χ3v) is 6.08. The summed E-state index contributed by atoms with van der Waals surface area (Å²) < 4.78 is 5.87. The molecule has 2 aliphatic rings. The molecular weight excluding hydrogens is 348 g/mol. The van der Waals surface area contributed by atoms with Crippen LogP contribution >= 0.6 is 0 Å². The second-order valence-electron chi connectivity index (χ2n) is 8.96. The predicted molar refractivity (Wildman–Crippen MR) is 113 cm³/mol. The van der Waals surface area contributed by atoms with Crippen LogP contribution in [0.15, 0.2) is 54.6 Å². The molecule has 2 unspecified atom stereocenters. The van der Waals surface area contributed by atoms with E-state index in [4.69, 9.17) is 4.74 Å². The molecule has 2 aromatic carbocycles. The van der Waals surface area contributed by atoms with Crippen molar-refractivity contribution in [3.8, 4) is 11.5 Å². The van der Waals surface area contributed by atoms with E-state index in [1.165, 1.54) is 12.8 Å². The van der Waals surface area contributed by atoms with E-state index in [2.05, 4.69) is 24.5 Å². The third kappa shape index (κ3) is 4.49. The van der Waals surface area contributed by atoms with E-state index in [1.54, 1.807) is 0 Å². The van der Waals surface area contributed by atoms with Gasteiger partial charge < -0.3 is 15.4 Å². The van der Waals surface area contributed by atoms with Crippen molar-refractivity contribution in [3.05, 3.63) is 54.6 Å². The highest BCUT2D eigenvalue weighted by Gasteiger charge is 2.45. The van der Waals surface area contributed by atoms with E-state index in [0.29, 0.717) is 17.6 Å². The average Bonchev–Trinajstić information content (AvgIpc) is 2.61. The van der Waals surface area contributed by atoms with Crippen LogP contribution in [0.3, 0.4) is 0 Å². The molecule has 2 atom stereocenters. The molecule has 2 fully saturated rings. The lowest BCUT2D eigenvalue weighted by atomic mass is 9.61. The standard InChI is InChI=1S/C24H30N2O2/c1-17-11-19-12-18(2)15-24(14-17,16-19)26-23(27)25-20-7-6-10-22(13-20)28-21-8-4-3-5-9-21/h3-10,13,17-19H,11-12,14-16H2,1-2H3,(H2,25,26,27). The molecule has 0 heterocycles. The van der Waals surface area contributed by atoms with Crippen molar-refractivity contribution < 1.29 is 9.53 Å². The van der Waals surface area contributed by atoms with Crippen molar-refractivity contribution in [1.82, 2.24) is 5.32 Å². The van der Waals surface area contributed by atoms with E-state index < -0.39 is 0 Å².